The lowest BCUT2D eigenvalue weighted by Crippen LogP contribution is -2.44. The third kappa shape index (κ3) is 5.33. The number of anilines is 1. The van der Waals surface area contributed by atoms with Crippen LogP contribution in [0.15, 0.2) is 36.4 Å². The summed E-state index contributed by atoms with van der Waals surface area (Å²) in [5.74, 6) is -1.39. The van der Waals surface area contributed by atoms with Gasteiger partial charge >= 0.3 is 6.18 Å². The molecule has 0 atom stereocenters. The number of carbonyl (C=O) groups is 2. The molecule has 3 rings (SSSR count). The van der Waals surface area contributed by atoms with E-state index in [1.807, 2.05) is 0 Å². The van der Waals surface area contributed by atoms with Crippen LogP contribution < -0.4 is 10.2 Å². The van der Waals surface area contributed by atoms with Gasteiger partial charge in [0, 0.05) is 19.2 Å². The van der Waals surface area contributed by atoms with Gasteiger partial charge in [-0.15, -0.1) is 0 Å². The molecule has 36 heavy (non-hydrogen) atoms. The number of nitrogens with zero attached hydrogens (tertiary/aromatic N) is 3. The molecule has 1 N–H and O–H groups in total. The molecule has 2 amide bonds. The van der Waals surface area contributed by atoms with Gasteiger partial charge < -0.3 is 10.2 Å². The monoisotopic (exact) mass is 520 g/mol. The Labute approximate surface area is 211 Å². The summed E-state index contributed by atoms with van der Waals surface area (Å²) in [7, 11) is 1.46. The third-order valence-corrected chi connectivity index (χ3v) is 6.46. The summed E-state index contributed by atoms with van der Waals surface area (Å²) in [5.41, 5.74) is -1.98. The first-order valence-electron chi connectivity index (χ1n) is 11.1. The highest BCUT2D eigenvalue weighted by atomic mass is 32.1. The molecule has 1 aliphatic heterocycles. The highest BCUT2D eigenvalue weighted by Gasteiger charge is 2.49. The Morgan fingerprint density at radius 1 is 1.17 bits per heavy atom. The highest BCUT2D eigenvalue weighted by molar-refractivity contribution is 7.80. The van der Waals surface area contributed by atoms with Crippen LogP contribution in [-0.4, -0.2) is 41.0 Å². The van der Waals surface area contributed by atoms with Gasteiger partial charge in [-0.05, 0) is 87.3 Å². The van der Waals surface area contributed by atoms with Gasteiger partial charge in [-0.25, -0.2) is 4.39 Å². The number of hydrogen-bond donors (Lipinski definition) is 1. The van der Waals surface area contributed by atoms with Gasteiger partial charge in [-0.2, -0.15) is 18.4 Å². The Morgan fingerprint density at radius 2 is 1.86 bits per heavy atom. The number of unbranched alkanes of at least 4 members (excludes halogenated alkanes) is 1. The van der Waals surface area contributed by atoms with Crippen molar-refractivity contribution in [2.75, 3.05) is 18.5 Å². The molecule has 1 fully saturated rings. The Kier molecular flexibility index (Phi) is 7.69. The fourth-order valence-corrected chi connectivity index (χ4v) is 4.62. The molecule has 0 spiro atoms. The molecule has 11 heteroatoms. The number of alkyl halides is 3. The molecular formula is C25H24F4N4O2S. The van der Waals surface area contributed by atoms with Gasteiger partial charge in [0.25, 0.3) is 11.8 Å². The van der Waals surface area contributed by atoms with Crippen molar-refractivity contribution in [1.29, 1.82) is 5.26 Å². The lowest BCUT2D eigenvalue weighted by atomic mass is 10.0. The molecule has 0 saturated carbocycles. The van der Waals surface area contributed by atoms with E-state index in [1.165, 1.54) is 25.2 Å². The summed E-state index contributed by atoms with van der Waals surface area (Å²) in [6.07, 6.45) is -3.15. The van der Waals surface area contributed by atoms with Gasteiger partial charge in [0.05, 0.1) is 22.9 Å². The smallest absolute Gasteiger partial charge is 0.355 e. The first kappa shape index (κ1) is 27.1. The molecule has 2 aromatic rings. The fourth-order valence-electron chi connectivity index (χ4n) is 4.11. The van der Waals surface area contributed by atoms with Gasteiger partial charge in [0.2, 0.25) is 0 Å². The largest absolute Gasteiger partial charge is 0.417 e. The number of rotatable bonds is 7. The number of nitrogens with one attached hydrogen (secondary N) is 1. The number of thiocarbonyl (C=S) groups is 1. The molecule has 1 heterocycles. The molecule has 0 radical (unpaired) electrons. The van der Waals surface area contributed by atoms with Gasteiger partial charge in [0.1, 0.15) is 11.4 Å². The lowest BCUT2D eigenvalue weighted by Gasteiger charge is -2.29. The predicted molar refractivity (Wildman–Crippen MR) is 130 cm³/mol. The number of aryl methyl sites for hydroxylation is 1. The minimum atomic E-state index is -4.77. The maximum Gasteiger partial charge on any atom is 0.417 e. The van der Waals surface area contributed by atoms with E-state index in [4.69, 9.17) is 17.5 Å². The van der Waals surface area contributed by atoms with E-state index in [1.54, 1.807) is 24.8 Å². The zero-order valence-electron chi connectivity index (χ0n) is 19.9. The first-order chi connectivity index (χ1) is 16.8. The van der Waals surface area contributed by atoms with Crippen LogP contribution in [0.25, 0.3) is 0 Å². The van der Waals surface area contributed by atoms with Crippen molar-refractivity contribution in [3.63, 3.8) is 0 Å². The van der Waals surface area contributed by atoms with E-state index in [2.05, 4.69) is 5.32 Å². The second-order valence-electron chi connectivity index (χ2n) is 8.86. The molecule has 0 bridgehead atoms. The van der Waals surface area contributed by atoms with E-state index >= 15 is 0 Å². The summed E-state index contributed by atoms with van der Waals surface area (Å²) in [6, 6.07) is 8.69. The van der Waals surface area contributed by atoms with Crippen molar-refractivity contribution < 1.29 is 27.2 Å². The average Bonchev–Trinajstić information content (AvgIpc) is 2.98. The van der Waals surface area contributed by atoms with Crippen molar-refractivity contribution in [3.05, 3.63) is 64.5 Å². The summed E-state index contributed by atoms with van der Waals surface area (Å²) in [6.45, 7) is 3.62. The van der Waals surface area contributed by atoms with Crippen LogP contribution in [0.2, 0.25) is 0 Å². The molecule has 0 aliphatic carbocycles. The molecule has 6 nitrogen and oxygen atoms in total. The third-order valence-electron chi connectivity index (χ3n) is 6.05. The predicted octanol–water partition coefficient (Wildman–Crippen LogP) is 4.81. The van der Waals surface area contributed by atoms with Crippen molar-refractivity contribution in [2.24, 2.45) is 0 Å². The van der Waals surface area contributed by atoms with Gasteiger partial charge in [0.15, 0.2) is 5.11 Å². The van der Waals surface area contributed by atoms with E-state index < -0.39 is 40.5 Å². The molecule has 190 valence electrons. The lowest BCUT2D eigenvalue weighted by molar-refractivity contribution is -0.137. The first-order valence-corrected chi connectivity index (χ1v) is 11.5. The van der Waals surface area contributed by atoms with Crippen LogP contribution in [-0.2, 0) is 17.4 Å². The van der Waals surface area contributed by atoms with Crippen molar-refractivity contribution in [2.45, 2.75) is 44.8 Å². The van der Waals surface area contributed by atoms with Crippen molar-refractivity contribution >= 4 is 34.8 Å². The molecular weight excluding hydrogens is 496 g/mol. The van der Waals surface area contributed by atoms with E-state index in [-0.39, 0.29) is 16.4 Å². The van der Waals surface area contributed by atoms with Crippen LogP contribution in [0.4, 0.5) is 23.2 Å². The molecule has 2 aromatic carbocycles. The molecule has 0 aromatic heterocycles. The van der Waals surface area contributed by atoms with E-state index in [0.717, 1.165) is 23.1 Å². The summed E-state index contributed by atoms with van der Waals surface area (Å²) >= 11 is 5.48. The van der Waals surface area contributed by atoms with Crippen molar-refractivity contribution in [3.8, 4) is 6.07 Å². The topological polar surface area (TPSA) is 76.4 Å². The number of benzene rings is 2. The Bertz CT molecular complexity index is 1250. The Balaban J connectivity index is 1.74. The normalized spacial score (nSPS) is 15.3. The Morgan fingerprint density at radius 3 is 2.47 bits per heavy atom. The maximum atomic E-state index is 13.9. The molecule has 0 unspecified atom stereocenters. The fraction of sp³-hybridized carbons (Fsp3) is 0.360. The number of carbonyl (C=O) groups excluding carboxylic acids is 2. The number of amides is 2. The highest BCUT2D eigenvalue weighted by Crippen LogP contribution is 2.38. The van der Waals surface area contributed by atoms with E-state index in [0.29, 0.717) is 31.4 Å². The van der Waals surface area contributed by atoms with Crippen LogP contribution in [0.5, 0.6) is 0 Å². The van der Waals surface area contributed by atoms with Crippen LogP contribution >= 0.6 is 12.2 Å². The summed E-state index contributed by atoms with van der Waals surface area (Å²) < 4.78 is 54.2. The SMILES string of the molecule is CNC(=O)c1cc(F)cc(CCCCN2C(=S)N(c3ccc(C#N)c(C(F)(F)F)c3)C(=O)C2(C)C)c1. The minimum absolute atomic E-state index is 0.0617. The molecule has 1 aliphatic rings. The average molecular weight is 521 g/mol. The van der Waals surface area contributed by atoms with Crippen LogP contribution in [0.1, 0.15) is 53.7 Å². The number of halogens is 4. The second kappa shape index (κ2) is 10.2. The second-order valence-corrected chi connectivity index (χ2v) is 9.22. The van der Waals surface area contributed by atoms with Gasteiger partial charge in [-0.3, -0.25) is 14.5 Å². The summed E-state index contributed by atoms with van der Waals surface area (Å²) in [5, 5.41) is 11.6. The zero-order chi connectivity index (χ0) is 26.8. The quantitative estimate of drug-likeness (QED) is 0.322. The number of nitriles is 1. The summed E-state index contributed by atoms with van der Waals surface area (Å²) in [4.78, 5) is 27.7. The molecule has 1 saturated heterocycles. The van der Waals surface area contributed by atoms with E-state index in [9.17, 15) is 27.2 Å². The van der Waals surface area contributed by atoms with Crippen LogP contribution in [0.3, 0.4) is 0 Å². The maximum absolute atomic E-state index is 13.9. The van der Waals surface area contributed by atoms with Crippen molar-refractivity contribution in [1.82, 2.24) is 10.2 Å². The zero-order valence-corrected chi connectivity index (χ0v) is 20.7. The minimum Gasteiger partial charge on any atom is -0.355 e. The van der Waals surface area contributed by atoms with Gasteiger partial charge in [-0.1, -0.05) is 0 Å². The van der Waals surface area contributed by atoms with Crippen LogP contribution in [0, 0.1) is 17.1 Å². The number of hydrogen-bond acceptors (Lipinski definition) is 4. The Hall–Kier alpha value is -3.52. The standard InChI is InChI=1S/C25H24F4N4O2S/c1-24(2)22(35)33(19-8-7-16(14-30)20(13-19)25(27,28)29)23(36)32(24)9-5-4-6-15-10-17(21(34)31-3)12-18(26)11-15/h7-8,10-13H,4-6,9H2,1-3H3,(H,31,34).